The van der Waals surface area contributed by atoms with E-state index < -0.39 is 5.97 Å². The Hall–Kier alpha value is -2.10. The number of esters is 1. The van der Waals surface area contributed by atoms with Gasteiger partial charge in [-0.2, -0.15) is 5.10 Å². The van der Waals surface area contributed by atoms with Gasteiger partial charge >= 0.3 is 5.97 Å². The number of ether oxygens (including phenoxy) is 1. The molecule has 0 bridgehead atoms. The maximum absolute atomic E-state index is 11.6. The van der Waals surface area contributed by atoms with E-state index >= 15 is 0 Å². The van der Waals surface area contributed by atoms with Gasteiger partial charge in [-0.3, -0.25) is 5.10 Å². The number of rotatable bonds is 3. The van der Waals surface area contributed by atoms with Crippen molar-refractivity contribution in [2.24, 2.45) is 0 Å². The van der Waals surface area contributed by atoms with Crippen molar-refractivity contribution in [1.82, 2.24) is 10.2 Å². The minimum Gasteiger partial charge on any atom is -0.453 e. The number of benzene rings is 1. The Morgan fingerprint density at radius 3 is 2.69 bits per heavy atom. The average molecular weight is 216 g/mol. The van der Waals surface area contributed by atoms with E-state index in [4.69, 9.17) is 4.74 Å². The highest BCUT2D eigenvalue weighted by Gasteiger charge is 2.13. The van der Waals surface area contributed by atoms with E-state index in [0.29, 0.717) is 5.69 Å². The zero-order valence-electron chi connectivity index (χ0n) is 8.88. The lowest BCUT2D eigenvalue weighted by molar-refractivity contribution is 0.0331. The van der Waals surface area contributed by atoms with Crippen LogP contribution >= 0.6 is 0 Å². The van der Waals surface area contributed by atoms with Crippen LogP contribution in [0.25, 0.3) is 0 Å². The van der Waals surface area contributed by atoms with Crippen molar-refractivity contribution in [3.63, 3.8) is 0 Å². The number of hydrogen-bond donors (Lipinski definition) is 1. The minimum absolute atomic E-state index is 0.267. The molecule has 1 heterocycles. The van der Waals surface area contributed by atoms with Gasteiger partial charge < -0.3 is 4.74 Å². The van der Waals surface area contributed by atoms with Crippen LogP contribution in [0.2, 0.25) is 0 Å². The van der Waals surface area contributed by atoms with Gasteiger partial charge in [0, 0.05) is 6.20 Å². The SMILES string of the molecule is CC(OC(=O)c1ccn[nH]1)c1ccccc1. The van der Waals surface area contributed by atoms with E-state index in [-0.39, 0.29) is 6.10 Å². The van der Waals surface area contributed by atoms with Gasteiger partial charge in [-0.15, -0.1) is 0 Å². The molecule has 1 atom stereocenters. The van der Waals surface area contributed by atoms with E-state index in [9.17, 15) is 4.79 Å². The molecule has 1 aromatic heterocycles. The molecule has 0 aliphatic heterocycles. The van der Waals surface area contributed by atoms with Crippen LogP contribution < -0.4 is 0 Å². The second-order valence-electron chi connectivity index (χ2n) is 3.43. The maximum Gasteiger partial charge on any atom is 0.356 e. The Morgan fingerprint density at radius 1 is 1.31 bits per heavy atom. The van der Waals surface area contributed by atoms with Gasteiger partial charge in [0.05, 0.1) is 0 Å². The molecule has 0 amide bonds. The number of nitrogens with one attached hydrogen (secondary N) is 1. The fraction of sp³-hybridized carbons (Fsp3) is 0.167. The lowest BCUT2D eigenvalue weighted by Gasteiger charge is -2.12. The van der Waals surface area contributed by atoms with Crippen molar-refractivity contribution < 1.29 is 9.53 Å². The third-order valence-electron chi connectivity index (χ3n) is 2.27. The molecule has 0 spiro atoms. The molecule has 2 aromatic rings. The van der Waals surface area contributed by atoms with Crippen molar-refractivity contribution >= 4 is 5.97 Å². The van der Waals surface area contributed by atoms with Gasteiger partial charge in [0.15, 0.2) is 0 Å². The summed E-state index contributed by atoms with van der Waals surface area (Å²) < 4.78 is 5.27. The van der Waals surface area contributed by atoms with Crippen molar-refractivity contribution in [3.8, 4) is 0 Å². The van der Waals surface area contributed by atoms with Gasteiger partial charge in [-0.05, 0) is 18.6 Å². The van der Waals surface area contributed by atoms with Crippen LogP contribution in [0.4, 0.5) is 0 Å². The molecule has 0 aliphatic carbocycles. The van der Waals surface area contributed by atoms with Gasteiger partial charge in [-0.25, -0.2) is 4.79 Å². The predicted molar refractivity (Wildman–Crippen MR) is 58.9 cm³/mol. The normalized spacial score (nSPS) is 12.1. The second kappa shape index (κ2) is 4.61. The summed E-state index contributed by atoms with van der Waals surface area (Å²) in [6.45, 7) is 1.84. The lowest BCUT2D eigenvalue weighted by Crippen LogP contribution is -2.09. The second-order valence-corrected chi connectivity index (χ2v) is 3.43. The molecule has 4 heteroatoms. The number of carbonyl (C=O) groups excluding carboxylic acids is 1. The van der Waals surface area contributed by atoms with Crippen molar-refractivity contribution in [2.75, 3.05) is 0 Å². The Morgan fingerprint density at radius 2 is 2.06 bits per heavy atom. The van der Waals surface area contributed by atoms with Crippen molar-refractivity contribution in [3.05, 3.63) is 53.9 Å². The summed E-state index contributed by atoms with van der Waals surface area (Å²) in [5.41, 5.74) is 1.33. The van der Waals surface area contributed by atoms with Crippen LogP contribution in [0.15, 0.2) is 42.6 Å². The van der Waals surface area contributed by atoms with E-state index in [0.717, 1.165) is 5.56 Å². The number of aromatic amines is 1. The fourth-order valence-corrected chi connectivity index (χ4v) is 1.39. The van der Waals surface area contributed by atoms with E-state index in [2.05, 4.69) is 10.2 Å². The summed E-state index contributed by atoms with van der Waals surface area (Å²) in [6, 6.07) is 11.2. The molecule has 4 nitrogen and oxygen atoms in total. The van der Waals surface area contributed by atoms with E-state index in [1.807, 2.05) is 37.3 Å². The topological polar surface area (TPSA) is 55.0 Å². The van der Waals surface area contributed by atoms with Gasteiger partial charge in [0.25, 0.3) is 0 Å². The smallest absolute Gasteiger partial charge is 0.356 e. The van der Waals surface area contributed by atoms with Crippen LogP contribution in [0, 0.1) is 0 Å². The molecular formula is C12H12N2O2. The third kappa shape index (κ3) is 2.28. The predicted octanol–water partition coefficient (Wildman–Crippen LogP) is 2.33. The quantitative estimate of drug-likeness (QED) is 0.801. The van der Waals surface area contributed by atoms with Crippen LogP contribution in [-0.4, -0.2) is 16.2 Å². The molecule has 0 saturated carbocycles. The highest BCUT2D eigenvalue weighted by atomic mass is 16.5. The Bertz CT molecular complexity index is 451. The summed E-state index contributed by atoms with van der Waals surface area (Å²) in [7, 11) is 0. The monoisotopic (exact) mass is 216 g/mol. The first-order chi connectivity index (χ1) is 7.77. The Balaban J connectivity index is 2.03. The molecule has 0 aliphatic rings. The van der Waals surface area contributed by atoms with Crippen molar-refractivity contribution in [2.45, 2.75) is 13.0 Å². The Kier molecular flexibility index (Phi) is 3.00. The van der Waals surface area contributed by atoms with E-state index in [1.54, 1.807) is 6.07 Å². The molecule has 0 radical (unpaired) electrons. The number of hydrogen-bond acceptors (Lipinski definition) is 3. The molecule has 0 fully saturated rings. The largest absolute Gasteiger partial charge is 0.453 e. The first kappa shape index (κ1) is 10.4. The van der Waals surface area contributed by atoms with Crippen LogP contribution in [0.5, 0.6) is 0 Å². The molecule has 2 rings (SSSR count). The summed E-state index contributed by atoms with van der Waals surface area (Å²) >= 11 is 0. The molecule has 1 N–H and O–H groups in total. The van der Waals surface area contributed by atoms with Crippen molar-refractivity contribution in [1.29, 1.82) is 0 Å². The Labute approximate surface area is 93.3 Å². The molecular weight excluding hydrogens is 204 g/mol. The summed E-state index contributed by atoms with van der Waals surface area (Å²) in [5, 5.41) is 6.27. The van der Waals surface area contributed by atoms with Gasteiger partial charge in [-0.1, -0.05) is 30.3 Å². The number of H-pyrrole nitrogens is 1. The third-order valence-corrected chi connectivity index (χ3v) is 2.27. The number of nitrogens with zero attached hydrogens (tertiary/aromatic N) is 1. The summed E-state index contributed by atoms with van der Waals surface area (Å²) in [6.07, 6.45) is 1.25. The first-order valence-corrected chi connectivity index (χ1v) is 5.02. The highest BCUT2D eigenvalue weighted by Crippen LogP contribution is 2.17. The minimum atomic E-state index is -0.395. The molecule has 16 heavy (non-hydrogen) atoms. The highest BCUT2D eigenvalue weighted by molar-refractivity contribution is 5.87. The number of aromatic nitrogens is 2. The van der Waals surface area contributed by atoms with Crippen LogP contribution in [0.1, 0.15) is 29.1 Å². The fourth-order valence-electron chi connectivity index (χ4n) is 1.39. The molecule has 1 unspecified atom stereocenters. The first-order valence-electron chi connectivity index (χ1n) is 5.02. The summed E-state index contributed by atoms with van der Waals surface area (Å²) in [4.78, 5) is 11.6. The molecule has 1 aromatic carbocycles. The number of carbonyl (C=O) groups is 1. The maximum atomic E-state index is 11.6. The molecule has 82 valence electrons. The zero-order valence-corrected chi connectivity index (χ0v) is 8.88. The average Bonchev–Trinajstić information content (AvgIpc) is 2.83. The van der Waals surface area contributed by atoms with Gasteiger partial charge in [0.1, 0.15) is 11.8 Å². The standard InChI is InChI=1S/C12H12N2O2/c1-9(10-5-3-2-4-6-10)16-12(15)11-7-8-13-14-11/h2-9H,1H3,(H,13,14). The van der Waals surface area contributed by atoms with E-state index in [1.165, 1.54) is 6.20 Å². The van der Waals surface area contributed by atoms with Gasteiger partial charge in [0.2, 0.25) is 0 Å². The lowest BCUT2D eigenvalue weighted by atomic mass is 10.1. The van der Waals surface area contributed by atoms with Crippen LogP contribution in [-0.2, 0) is 4.74 Å². The summed E-state index contributed by atoms with van der Waals surface area (Å²) in [5.74, 6) is -0.395. The zero-order chi connectivity index (χ0) is 11.4. The van der Waals surface area contributed by atoms with Crippen LogP contribution in [0.3, 0.4) is 0 Å². The molecule has 0 saturated heterocycles.